The molecule has 2 atom stereocenters. The van der Waals surface area contributed by atoms with Gasteiger partial charge in [0.05, 0.1) is 36.4 Å². The van der Waals surface area contributed by atoms with Gasteiger partial charge in [-0.2, -0.15) is 0 Å². The summed E-state index contributed by atoms with van der Waals surface area (Å²) in [5.74, 6) is 1.39. The Labute approximate surface area is 99.8 Å². The number of pyridine rings is 1. The summed E-state index contributed by atoms with van der Waals surface area (Å²) in [5, 5.41) is 3.29. The van der Waals surface area contributed by atoms with E-state index in [4.69, 9.17) is 9.72 Å². The highest BCUT2D eigenvalue weighted by molar-refractivity contribution is 5.74. The molecule has 0 spiro atoms. The number of nitrogens with one attached hydrogen (secondary N) is 1. The second-order valence-electron chi connectivity index (χ2n) is 4.43. The lowest BCUT2D eigenvalue weighted by Crippen LogP contribution is -2.32. The zero-order valence-corrected chi connectivity index (χ0v) is 10.1. The molecule has 1 aliphatic heterocycles. The van der Waals surface area contributed by atoms with Crippen molar-refractivity contribution >= 4 is 11.0 Å². The van der Waals surface area contributed by atoms with Gasteiger partial charge in [-0.1, -0.05) is 0 Å². The molecule has 1 saturated heterocycles. The molecular formula is C12H16N4O. The van der Waals surface area contributed by atoms with Crippen molar-refractivity contribution in [1.82, 2.24) is 19.9 Å². The third kappa shape index (κ3) is 1.62. The molecular weight excluding hydrogens is 216 g/mol. The molecule has 0 bridgehead atoms. The molecule has 90 valence electrons. The number of hydrogen-bond acceptors (Lipinski definition) is 4. The zero-order valence-electron chi connectivity index (χ0n) is 10.1. The van der Waals surface area contributed by atoms with E-state index < -0.39 is 0 Å². The van der Waals surface area contributed by atoms with Crippen LogP contribution in [0.25, 0.3) is 11.0 Å². The molecule has 0 amide bonds. The van der Waals surface area contributed by atoms with Gasteiger partial charge in [0.15, 0.2) is 0 Å². The van der Waals surface area contributed by atoms with Crippen LogP contribution in [0.5, 0.6) is 0 Å². The van der Waals surface area contributed by atoms with Gasteiger partial charge in [0.1, 0.15) is 5.82 Å². The Morgan fingerprint density at radius 3 is 3.12 bits per heavy atom. The van der Waals surface area contributed by atoms with Crippen molar-refractivity contribution in [3.63, 3.8) is 0 Å². The third-order valence-corrected chi connectivity index (χ3v) is 3.50. The molecule has 0 aliphatic carbocycles. The number of hydrogen-bond donors (Lipinski definition) is 1. The molecule has 2 aromatic heterocycles. The van der Waals surface area contributed by atoms with E-state index in [1.165, 1.54) is 0 Å². The van der Waals surface area contributed by atoms with Gasteiger partial charge in [0.2, 0.25) is 0 Å². The summed E-state index contributed by atoms with van der Waals surface area (Å²) < 4.78 is 7.65. The Bertz CT molecular complexity index is 536. The molecule has 5 nitrogen and oxygen atoms in total. The lowest BCUT2D eigenvalue weighted by atomic mass is 10.0. The van der Waals surface area contributed by atoms with Crippen molar-refractivity contribution in [3.8, 4) is 0 Å². The molecule has 3 heterocycles. The fourth-order valence-corrected chi connectivity index (χ4v) is 2.48. The van der Waals surface area contributed by atoms with Crippen molar-refractivity contribution < 1.29 is 4.74 Å². The molecule has 2 aromatic rings. The van der Waals surface area contributed by atoms with Crippen LogP contribution in [0.15, 0.2) is 18.5 Å². The summed E-state index contributed by atoms with van der Waals surface area (Å²) in [4.78, 5) is 8.84. The molecule has 0 saturated carbocycles. The summed E-state index contributed by atoms with van der Waals surface area (Å²) in [5.41, 5.74) is 2.07. The van der Waals surface area contributed by atoms with Gasteiger partial charge in [-0.15, -0.1) is 0 Å². The van der Waals surface area contributed by atoms with Crippen molar-refractivity contribution in [1.29, 1.82) is 0 Å². The summed E-state index contributed by atoms with van der Waals surface area (Å²) in [6.45, 7) is 1.48. The quantitative estimate of drug-likeness (QED) is 0.827. The first-order valence-electron chi connectivity index (χ1n) is 5.82. The minimum absolute atomic E-state index is 0.317. The summed E-state index contributed by atoms with van der Waals surface area (Å²) in [6, 6.07) is 2.29. The largest absolute Gasteiger partial charge is 0.379 e. The SMILES string of the molecule is CNC1COCC1c1nc2ccncc2n1C. The van der Waals surface area contributed by atoms with Gasteiger partial charge in [-0.05, 0) is 13.1 Å². The zero-order chi connectivity index (χ0) is 11.8. The number of likely N-dealkylation sites (N-methyl/N-ethyl adjacent to an activating group) is 1. The van der Waals surface area contributed by atoms with Crippen LogP contribution < -0.4 is 5.32 Å². The Morgan fingerprint density at radius 2 is 2.35 bits per heavy atom. The number of ether oxygens (including phenoxy) is 1. The first kappa shape index (κ1) is 10.7. The van der Waals surface area contributed by atoms with E-state index in [0.29, 0.717) is 12.0 Å². The van der Waals surface area contributed by atoms with Gasteiger partial charge >= 0.3 is 0 Å². The molecule has 5 heteroatoms. The number of nitrogens with zero attached hydrogens (tertiary/aromatic N) is 3. The highest BCUT2D eigenvalue weighted by Crippen LogP contribution is 2.27. The van der Waals surface area contributed by atoms with Crippen molar-refractivity contribution in [2.45, 2.75) is 12.0 Å². The molecule has 17 heavy (non-hydrogen) atoms. The average molecular weight is 232 g/mol. The summed E-state index contributed by atoms with van der Waals surface area (Å²) >= 11 is 0. The Morgan fingerprint density at radius 1 is 1.47 bits per heavy atom. The molecule has 0 radical (unpaired) electrons. The fraction of sp³-hybridized carbons (Fsp3) is 0.500. The number of imidazole rings is 1. The lowest BCUT2D eigenvalue weighted by Gasteiger charge is -2.16. The standard InChI is InChI=1S/C12H16N4O/c1-13-10-7-17-6-8(10)12-15-9-3-4-14-5-11(9)16(12)2/h3-5,8,10,13H,6-7H2,1-2H3. The Hall–Kier alpha value is -1.46. The van der Waals surface area contributed by atoms with Crippen molar-refractivity contribution in [2.24, 2.45) is 7.05 Å². The summed E-state index contributed by atoms with van der Waals surface area (Å²) in [6.07, 6.45) is 3.63. The van der Waals surface area contributed by atoms with Crippen molar-refractivity contribution in [2.75, 3.05) is 20.3 Å². The van der Waals surface area contributed by atoms with Crippen LogP contribution in [0.1, 0.15) is 11.7 Å². The van der Waals surface area contributed by atoms with Gasteiger partial charge in [0.25, 0.3) is 0 Å². The van der Waals surface area contributed by atoms with Gasteiger partial charge in [-0.25, -0.2) is 4.98 Å². The highest BCUT2D eigenvalue weighted by Gasteiger charge is 2.31. The van der Waals surface area contributed by atoms with Gasteiger partial charge < -0.3 is 14.6 Å². The van der Waals surface area contributed by atoms with Gasteiger partial charge in [-0.3, -0.25) is 4.98 Å². The van der Waals surface area contributed by atoms with E-state index >= 15 is 0 Å². The molecule has 1 N–H and O–H groups in total. The van der Waals surface area contributed by atoms with Crippen LogP contribution in [0.3, 0.4) is 0 Å². The molecule has 1 aliphatic rings. The number of aryl methyl sites for hydroxylation is 1. The Balaban J connectivity index is 2.08. The van der Waals surface area contributed by atoms with Gasteiger partial charge in [0, 0.05) is 19.3 Å². The maximum atomic E-state index is 5.53. The van der Waals surface area contributed by atoms with Crippen molar-refractivity contribution in [3.05, 3.63) is 24.3 Å². The van der Waals surface area contributed by atoms with Crippen LogP contribution in [-0.4, -0.2) is 40.8 Å². The normalized spacial score (nSPS) is 24.6. The van der Waals surface area contributed by atoms with E-state index in [1.54, 1.807) is 6.20 Å². The van der Waals surface area contributed by atoms with E-state index in [9.17, 15) is 0 Å². The predicted molar refractivity (Wildman–Crippen MR) is 64.9 cm³/mol. The van der Waals surface area contributed by atoms with E-state index in [-0.39, 0.29) is 0 Å². The molecule has 2 unspecified atom stereocenters. The van der Waals surface area contributed by atoms with Crippen LogP contribution in [0.2, 0.25) is 0 Å². The Kier molecular flexibility index (Phi) is 2.57. The first-order valence-corrected chi connectivity index (χ1v) is 5.82. The topological polar surface area (TPSA) is 52.0 Å². The van der Waals surface area contributed by atoms with Crippen LogP contribution in [-0.2, 0) is 11.8 Å². The minimum Gasteiger partial charge on any atom is -0.379 e. The monoisotopic (exact) mass is 232 g/mol. The van der Waals surface area contributed by atoms with Crippen LogP contribution >= 0.6 is 0 Å². The highest BCUT2D eigenvalue weighted by atomic mass is 16.5. The number of aromatic nitrogens is 3. The maximum absolute atomic E-state index is 5.53. The second-order valence-corrected chi connectivity index (χ2v) is 4.43. The van der Waals surface area contributed by atoms with Crippen LogP contribution in [0, 0.1) is 0 Å². The van der Waals surface area contributed by atoms with E-state index in [1.807, 2.05) is 26.4 Å². The summed E-state index contributed by atoms with van der Waals surface area (Å²) in [7, 11) is 4.01. The first-order chi connectivity index (χ1) is 8.31. The third-order valence-electron chi connectivity index (χ3n) is 3.50. The molecule has 3 rings (SSSR count). The maximum Gasteiger partial charge on any atom is 0.116 e. The molecule has 1 fully saturated rings. The minimum atomic E-state index is 0.317. The van der Waals surface area contributed by atoms with E-state index in [0.717, 1.165) is 30.1 Å². The lowest BCUT2D eigenvalue weighted by molar-refractivity contribution is 0.188. The number of rotatable bonds is 2. The van der Waals surface area contributed by atoms with Crippen LogP contribution in [0.4, 0.5) is 0 Å². The molecule has 0 aromatic carbocycles. The smallest absolute Gasteiger partial charge is 0.116 e. The second kappa shape index (κ2) is 4.09. The average Bonchev–Trinajstić information content (AvgIpc) is 2.94. The fourth-order valence-electron chi connectivity index (χ4n) is 2.48. The predicted octanol–water partition coefficient (Wildman–Crippen LogP) is 0.670. The number of fused-ring (bicyclic) bond motifs is 1. The van der Waals surface area contributed by atoms with E-state index in [2.05, 4.69) is 14.9 Å².